The molecule has 0 saturated carbocycles. The fourth-order valence-electron chi connectivity index (χ4n) is 1.32. The third-order valence-corrected chi connectivity index (χ3v) is 1.88. The molecule has 1 heterocycles. The van der Waals surface area contributed by atoms with Crippen LogP contribution in [0.1, 0.15) is 12.8 Å². The van der Waals surface area contributed by atoms with E-state index in [1.165, 1.54) is 12.8 Å². The van der Waals surface area contributed by atoms with Gasteiger partial charge >= 0.3 is 0 Å². The number of likely N-dealkylation sites (tertiary alicyclic amines) is 1. The molecule has 1 rings (SSSR count). The largest absolute Gasteiger partial charge is 0.394 e. The van der Waals surface area contributed by atoms with Crippen LogP contribution >= 0.6 is 0 Å². The van der Waals surface area contributed by atoms with Crippen LogP contribution in [0.4, 0.5) is 0 Å². The van der Waals surface area contributed by atoms with Crippen LogP contribution in [0.2, 0.25) is 0 Å². The van der Waals surface area contributed by atoms with Gasteiger partial charge in [0.05, 0.1) is 12.7 Å². The standard InChI is InChI=1S/C7H15NO2/c9-6-7(10)5-8-3-1-2-4-8/h7,9-10H,1-6H2/t7-/m0/s1. The number of hydrogen-bond acceptors (Lipinski definition) is 3. The van der Waals surface area contributed by atoms with Gasteiger partial charge in [-0.1, -0.05) is 0 Å². The SMILES string of the molecule is OC[C@@H](O)CN1CCCC1. The monoisotopic (exact) mass is 145 g/mol. The summed E-state index contributed by atoms with van der Waals surface area (Å²) in [7, 11) is 0. The topological polar surface area (TPSA) is 43.7 Å². The first-order chi connectivity index (χ1) is 4.83. The first-order valence-electron chi connectivity index (χ1n) is 3.84. The molecule has 0 aromatic carbocycles. The molecule has 1 atom stereocenters. The van der Waals surface area contributed by atoms with E-state index in [2.05, 4.69) is 4.90 Å². The zero-order valence-corrected chi connectivity index (χ0v) is 6.16. The van der Waals surface area contributed by atoms with Gasteiger partial charge in [-0.3, -0.25) is 0 Å². The maximum Gasteiger partial charge on any atom is 0.0897 e. The van der Waals surface area contributed by atoms with Crippen LogP contribution in [-0.2, 0) is 0 Å². The van der Waals surface area contributed by atoms with E-state index in [1.54, 1.807) is 0 Å². The molecule has 10 heavy (non-hydrogen) atoms. The predicted octanol–water partition coefficient (Wildman–Crippen LogP) is -0.565. The second kappa shape index (κ2) is 3.91. The fraction of sp³-hybridized carbons (Fsp3) is 1.00. The minimum atomic E-state index is -0.543. The van der Waals surface area contributed by atoms with E-state index in [0.717, 1.165) is 13.1 Å². The van der Waals surface area contributed by atoms with Crippen LogP contribution in [-0.4, -0.2) is 47.5 Å². The number of aliphatic hydroxyl groups excluding tert-OH is 2. The Kier molecular flexibility index (Phi) is 3.12. The summed E-state index contributed by atoms with van der Waals surface area (Å²) >= 11 is 0. The second-order valence-corrected chi connectivity index (χ2v) is 2.84. The van der Waals surface area contributed by atoms with Crippen molar-refractivity contribution < 1.29 is 10.2 Å². The normalized spacial score (nSPS) is 23.4. The lowest BCUT2D eigenvalue weighted by Gasteiger charge is -2.17. The molecule has 3 nitrogen and oxygen atoms in total. The first-order valence-corrected chi connectivity index (χ1v) is 3.84. The van der Waals surface area contributed by atoms with E-state index < -0.39 is 6.10 Å². The number of rotatable bonds is 3. The van der Waals surface area contributed by atoms with Crippen LogP contribution in [0.3, 0.4) is 0 Å². The molecule has 60 valence electrons. The van der Waals surface area contributed by atoms with Gasteiger partial charge in [-0.2, -0.15) is 0 Å². The second-order valence-electron chi connectivity index (χ2n) is 2.84. The van der Waals surface area contributed by atoms with E-state index >= 15 is 0 Å². The Hall–Kier alpha value is -0.120. The summed E-state index contributed by atoms with van der Waals surface area (Å²) in [6, 6.07) is 0. The first kappa shape index (κ1) is 7.98. The van der Waals surface area contributed by atoms with E-state index in [1.807, 2.05) is 0 Å². The molecule has 0 aromatic heterocycles. The summed E-state index contributed by atoms with van der Waals surface area (Å²) in [5.74, 6) is 0. The van der Waals surface area contributed by atoms with Crippen molar-refractivity contribution in [2.45, 2.75) is 18.9 Å². The van der Waals surface area contributed by atoms with Crippen molar-refractivity contribution in [1.82, 2.24) is 4.90 Å². The molecular formula is C7H15NO2. The van der Waals surface area contributed by atoms with Crippen molar-refractivity contribution in [2.75, 3.05) is 26.2 Å². The third-order valence-electron chi connectivity index (χ3n) is 1.88. The van der Waals surface area contributed by atoms with Gasteiger partial charge in [-0.25, -0.2) is 0 Å². The maximum atomic E-state index is 9.03. The zero-order chi connectivity index (χ0) is 7.40. The Morgan fingerprint density at radius 1 is 1.30 bits per heavy atom. The third kappa shape index (κ3) is 2.25. The Morgan fingerprint density at radius 3 is 2.40 bits per heavy atom. The highest BCUT2D eigenvalue weighted by molar-refractivity contribution is 4.69. The summed E-state index contributed by atoms with van der Waals surface area (Å²) < 4.78 is 0. The molecule has 1 saturated heterocycles. The van der Waals surface area contributed by atoms with Crippen molar-refractivity contribution in [1.29, 1.82) is 0 Å². The lowest BCUT2D eigenvalue weighted by molar-refractivity contribution is 0.0661. The summed E-state index contributed by atoms with van der Waals surface area (Å²) in [6.07, 6.45) is 1.93. The predicted molar refractivity (Wildman–Crippen MR) is 38.8 cm³/mol. The van der Waals surface area contributed by atoms with Crippen LogP contribution < -0.4 is 0 Å². The quantitative estimate of drug-likeness (QED) is 0.559. The smallest absolute Gasteiger partial charge is 0.0897 e. The van der Waals surface area contributed by atoms with Crippen molar-refractivity contribution in [3.63, 3.8) is 0 Å². The van der Waals surface area contributed by atoms with E-state index in [9.17, 15) is 0 Å². The molecule has 0 aliphatic carbocycles. The molecule has 1 aliphatic rings. The molecular weight excluding hydrogens is 130 g/mol. The number of nitrogens with zero attached hydrogens (tertiary/aromatic N) is 1. The maximum absolute atomic E-state index is 9.03. The number of β-amino-alcohol motifs (C(OH)–C–C–N with tert-alkyl or cyclic N) is 1. The van der Waals surface area contributed by atoms with Crippen molar-refractivity contribution in [2.24, 2.45) is 0 Å². The van der Waals surface area contributed by atoms with Crippen LogP contribution in [0.5, 0.6) is 0 Å². The van der Waals surface area contributed by atoms with Gasteiger partial charge < -0.3 is 15.1 Å². The van der Waals surface area contributed by atoms with Crippen LogP contribution in [0.15, 0.2) is 0 Å². The van der Waals surface area contributed by atoms with Crippen LogP contribution in [0, 0.1) is 0 Å². The zero-order valence-electron chi connectivity index (χ0n) is 6.16. The molecule has 0 radical (unpaired) electrons. The van der Waals surface area contributed by atoms with Gasteiger partial charge in [0, 0.05) is 6.54 Å². The highest BCUT2D eigenvalue weighted by Crippen LogP contribution is 2.06. The Labute approximate surface area is 61.3 Å². The Morgan fingerprint density at radius 2 is 1.90 bits per heavy atom. The van der Waals surface area contributed by atoms with Gasteiger partial charge in [0.25, 0.3) is 0 Å². The average molecular weight is 145 g/mol. The van der Waals surface area contributed by atoms with Crippen LogP contribution in [0.25, 0.3) is 0 Å². The molecule has 1 fully saturated rings. The Bertz CT molecular complexity index is 91.6. The molecule has 2 N–H and O–H groups in total. The highest BCUT2D eigenvalue weighted by atomic mass is 16.3. The van der Waals surface area contributed by atoms with Gasteiger partial charge in [-0.15, -0.1) is 0 Å². The molecule has 0 spiro atoms. The van der Waals surface area contributed by atoms with E-state index in [4.69, 9.17) is 10.2 Å². The lowest BCUT2D eigenvalue weighted by Crippen LogP contribution is -2.31. The average Bonchev–Trinajstić information content (AvgIpc) is 2.40. The molecule has 0 unspecified atom stereocenters. The van der Waals surface area contributed by atoms with Gasteiger partial charge in [-0.05, 0) is 25.9 Å². The molecule has 0 bridgehead atoms. The lowest BCUT2D eigenvalue weighted by atomic mass is 10.3. The summed E-state index contributed by atoms with van der Waals surface area (Å²) in [6.45, 7) is 2.68. The number of aliphatic hydroxyl groups is 2. The molecule has 3 heteroatoms. The summed E-state index contributed by atoms with van der Waals surface area (Å²) in [4.78, 5) is 2.18. The fourth-order valence-corrected chi connectivity index (χ4v) is 1.32. The molecule has 0 aromatic rings. The van der Waals surface area contributed by atoms with Gasteiger partial charge in [0.1, 0.15) is 0 Å². The Balaban J connectivity index is 2.11. The van der Waals surface area contributed by atoms with Gasteiger partial charge in [0.15, 0.2) is 0 Å². The van der Waals surface area contributed by atoms with Crippen molar-refractivity contribution >= 4 is 0 Å². The number of hydrogen-bond donors (Lipinski definition) is 2. The minimum absolute atomic E-state index is 0.115. The summed E-state index contributed by atoms with van der Waals surface area (Å²) in [5.41, 5.74) is 0. The molecule has 1 aliphatic heterocycles. The van der Waals surface area contributed by atoms with E-state index in [-0.39, 0.29) is 6.61 Å². The van der Waals surface area contributed by atoms with Crippen molar-refractivity contribution in [3.05, 3.63) is 0 Å². The van der Waals surface area contributed by atoms with Gasteiger partial charge in [0.2, 0.25) is 0 Å². The minimum Gasteiger partial charge on any atom is -0.394 e. The summed E-state index contributed by atoms with van der Waals surface area (Å²) in [5, 5.41) is 17.5. The highest BCUT2D eigenvalue weighted by Gasteiger charge is 2.14. The van der Waals surface area contributed by atoms with Crippen molar-refractivity contribution in [3.8, 4) is 0 Å². The molecule has 0 amide bonds. The van der Waals surface area contributed by atoms with E-state index in [0.29, 0.717) is 6.54 Å².